The summed E-state index contributed by atoms with van der Waals surface area (Å²) in [6.07, 6.45) is 0. The van der Waals surface area contributed by atoms with Crippen LogP contribution in [0, 0.1) is 5.82 Å². The molecule has 1 amide bonds. The molecule has 0 bridgehead atoms. The van der Waals surface area contributed by atoms with Crippen LogP contribution < -0.4 is 15.4 Å². The molecular weight excluding hydrogens is 223 g/mol. The molecule has 94 valence electrons. The maximum Gasteiger partial charge on any atom is 0.233 e. The first kappa shape index (κ1) is 13.4. The van der Waals surface area contributed by atoms with Gasteiger partial charge in [-0.2, -0.15) is 0 Å². The molecule has 4 nitrogen and oxygen atoms in total. The van der Waals surface area contributed by atoms with Gasteiger partial charge in [-0.05, 0) is 13.0 Å². The van der Waals surface area contributed by atoms with Crippen LogP contribution in [0.4, 0.5) is 4.39 Å². The predicted molar refractivity (Wildman–Crippen MR) is 63.4 cm³/mol. The number of carbonyl (C=O) groups is 1. The monoisotopic (exact) mass is 240 g/mol. The SMILES string of the molecule is CNC(=O)CNC(C)c1ccc(OC)cc1F. The first-order valence-electron chi connectivity index (χ1n) is 5.36. The first-order chi connectivity index (χ1) is 8.08. The van der Waals surface area contributed by atoms with Crippen molar-refractivity contribution in [3.63, 3.8) is 0 Å². The zero-order chi connectivity index (χ0) is 12.8. The van der Waals surface area contributed by atoms with E-state index < -0.39 is 0 Å². The minimum absolute atomic E-state index is 0.134. The van der Waals surface area contributed by atoms with Gasteiger partial charge in [0.25, 0.3) is 0 Å². The molecule has 17 heavy (non-hydrogen) atoms. The van der Waals surface area contributed by atoms with E-state index in [0.29, 0.717) is 11.3 Å². The van der Waals surface area contributed by atoms with Crippen molar-refractivity contribution in [2.75, 3.05) is 20.7 Å². The second-order valence-corrected chi connectivity index (χ2v) is 3.66. The van der Waals surface area contributed by atoms with Crippen molar-refractivity contribution in [2.45, 2.75) is 13.0 Å². The summed E-state index contributed by atoms with van der Waals surface area (Å²) in [4.78, 5) is 11.0. The quantitative estimate of drug-likeness (QED) is 0.814. The van der Waals surface area contributed by atoms with Crippen LogP contribution in [0.5, 0.6) is 5.75 Å². The van der Waals surface area contributed by atoms with Gasteiger partial charge in [0.2, 0.25) is 5.91 Å². The normalized spacial score (nSPS) is 12.0. The van der Waals surface area contributed by atoms with E-state index in [2.05, 4.69) is 10.6 Å². The molecule has 0 aliphatic carbocycles. The van der Waals surface area contributed by atoms with Crippen molar-refractivity contribution in [3.05, 3.63) is 29.6 Å². The summed E-state index contributed by atoms with van der Waals surface area (Å²) in [6.45, 7) is 1.96. The molecule has 5 heteroatoms. The van der Waals surface area contributed by atoms with Crippen molar-refractivity contribution in [2.24, 2.45) is 0 Å². The molecule has 2 N–H and O–H groups in total. The Labute approximate surface area is 100 Å². The largest absolute Gasteiger partial charge is 0.497 e. The molecule has 0 aliphatic rings. The van der Waals surface area contributed by atoms with Crippen LogP contribution in [-0.4, -0.2) is 26.6 Å². The molecule has 0 aliphatic heterocycles. The average molecular weight is 240 g/mol. The summed E-state index contributed by atoms with van der Waals surface area (Å²) >= 11 is 0. The highest BCUT2D eigenvalue weighted by atomic mass is 19.1. The lowest BCUT2D eigenvalue weighted by molar-refractivity contribution is -0.119. The third kappa shape index (κ3) is 3.71. The van der Waals surface area contributed by atoms with Gasteiger partial charge in [0.15, 0.2) is 0 Å². The number of benzene rings is 1. The summed E-state index contributed by atoms with van der Waals surface area (Å²) < 4.78 is 18.6. The first-order valence-corrected chi connectivity index (χ1v) is 5.36. The average Bonchev–Trinajstić information content (AvgIpc) is 2.35. The number of rotatable bonds is 5. The molecule has 0 spiro atoms. The lowest BCUT2D eigenvalue weighted by atomic mass is 10.1. The fraction of sp³-hybridized carbons (Fsp3) is 0.417. The lowest BCUT2D eigenvalue weighted by Gasteiger charge is -2.15. The number of amides is 1. The van der Waals surface area contributed by atoms with Gasteiger partial charge >= 0.3 is 0 Å². The van der Waals surface area contributed by atoms with Crippen LogP contribution in [-0.2, 0) is 4.79 Å². The van der Waals surface area contributed by atoms with Crippen LogP contribution in [0.2, 0.25) is 0 Å². The molecule has 0 fully saturated rings. The Hall–Kier alpha value is -1.62. The fourth-order valence-electron chi connectivity index (χ4n) is 1.43. The molecule has 1 aromatic carbocycles. The Bertz CT molecular complexity index is 396. The molecule has 1 aromatic rings. The van der Waals surface area contributed by atoms with E-state index in [4.69, 9.17) is 4.74 Å². The second-order valence-electron chi connectivity index (χ2n) is 3.66. The summed E-state index contributed by atoms with van der Waals surface area (Å²) in [6, 6.07) is 4.43. The Kier molecular flexibility index (Phi) is 4.90. The summed E-state index contributed by atoms with van der Waals surface area (Å²) in [7, 11) is 3.05. The number of halogens is 1. The molecule has 1 unspecified atom stereocenters. The molecule has 0 aromatic heterocycles. The Balaban J connectivity index is 2.68. The van der Waals surface area contributed by atoms with Crippen molar-refractivity contribution in [1.82, 2.24) is 10.6 Å². The van der Waals surface area contributed by atoms with E-state index in [1.807, 2.05) is 0 Å². The minimum atomic E-state index is -0.346. The van der Waals surface area contributed by atoms with Gasteiger partial charge in [-0.15, -0.1) is 0 Å². The number of ether oxygens (including phenoxy) is 1. The Morgan fingerprint density at radius 2 is 2.24 bits per heavy atom. The van der Waals surface area contributed by atoms with Crippen molar-refractivity contribution in [1.29, 1.82) is 0 Å². The van der Waals surface area contributed by atoms with Gasteiger partial charge in [0, 0.05) is 24.7 Å². The third-order valence-corrected chi connectivity index (χ3v) is 2.52. The van der Waals surface area contributed by atoms with Crippen LogP contribution >= 0.6 is 0 Å². The number of methoxy groups -OCH3 is 1. The minimum Gasteiger partial charge on any atom is -0.497 e. The van der Waals surface area contributed by atoms with Crippen LogP contribution in [0.15, 0.2) is 18.2 Å². The predicted octanol–water partition coefficient (Wildman–Crippen LogP) is 1.23. The Morgan fingerprint density at radius 1 is 1.53 bits per heavy atom. The zero-order valence-electron chi connectivity index (χ0n) is 10.2. The number of likely N-dealkylation sites (N-methyl/N-ethyl adjacent to an activating group) is 1. The number of hydrogen-bond acceptors (Lipinski definition) is 3. The van der Waals surface area contributed by atoms with E-state index in [1.165, 1.54) is 13.2 Å². The van der Waals surface area contributed by atoms with Gasteiger partial charge in [0.05, 0.1) is 13.7 Å². The third-order valence-electron chi connectivity index (χ3n) is 2.52. The van der Waals surface area contributed by atoms with Gasteiger partial charge in [0.1, 0.15) is 11.6 Å². The highest BCUT2D eigenvalue weighted by Gasteiger charge is 2.12. The number of carbonyl (C=O) groups excluding carboxylic acids is 1. The molecule has 0 saturated heterocycles. The highest BCUT2D eigenvalue weighted by Crippen LogP contribution is 2.21. The van der Waals surface area contributed by atoms with Crippen LogP contribution in [0.3, 0.4) is 0 Å². The Morgan fingerprint density at radius 3 is 2.76 bits per heavy atom. The lowest BCUT2D eigenvalue weighted by Crippen LogP contribution is -2.33. The van der Waals surface area contributed by atoms with E-state index in [-0.39, 0.29) is 24.3 Å². The fourth-order valence-corrected chi connectivity index (χ4v) is 1.43. The second kappa shape index (κ2) is 6.20. The topological polar surface area (TPSA) is 50.4 Å². The van der Waals surface area contributed by atoms with E-state index in [9.17, 15) is 9.18 Å². The maximum absolute atomic E-state index is 13.7. The van der Waals surface area contributed by atoms with E-state index >= 15 is 0 Å². The zero-order valence-corrected chi connectivity index (χ0v) is 10.2. The van der Waals surface area contributed by atoms with E-state index in [0.717, 1.165) is 0 Å². The molecule has 1 rings (SSSR count). The van der Waals surface area contributed by atoms with Crippen molar-refractivity contribution < 1.29 is 13.9 Å². The smallest absolute Gasteiger partial charge is 0.233 e. The highest BCUT2D eigenvalue weighted by molar-refractivity contribution is 5.77. The molecule has 1 atom stereocenters. The van der Waals surface area contributed by atoms with Gasteiger partial charge in [-0.1, -0.05) is 6.07 Å². The van der Waals surface area contributed by atoms with Crippen LogP contribution in [0.25, 0.3) is 0 Å². The van der Waals surface area contributed by atoms with Gasteiger partial charge in [-0.3, -0.25) is 4.79 Å². The summed E-state index contributed by atoms with van der Waals surface area (Å²) in [5.41, 5.74) is 0.509. The van der Waals surface area contributed by atoms with Crippen molar-refractivity contribution in [3.8, 4) is 5.75 Å². The van der Waals surface area contributed by atoms with Crippen LogP contribution in [0.1, 0.15) is 18.5 Å². The van der Waals surface area contributed by atoms with Crippen molar-refractivity contribution >= 4 is 5.91 Å². The van der Waals surface area contributed by atoms with Gasteiger partial charge in [-0.25, -0.2) is 4.39 Å². The molecule has 0 heterocycles. The van der Waals surface area contributed by atoms with E-state index in [1.54, 1.807) is 26.1 Å². The molecule has 0 saturated carbocycles. The maximum atomic E-state index is 13.7. The summed E-state index contributed by atoms with van der Waals surface area (Å²) in [5.74, 6) is -0.00298. The standard InChI is InChI=1S/C12H17FN2O2/c1-8(15-7-12(16)14-2)10-5-4-9(17-3)6-11(10)13/h4-6,8,15H,7H2,1-3H3,(H,14,16). The molecular formula is C12H17FN2O2. The molecule has 0 radical (unpaired) electrons. The number of nitrogens with one attached hydrogen (secondary N) is 2. The summed E-state index contributed by atoms with van der Waals surface area (Å²) in [5, 5.41) is 5.42. The van der Waals surface area contributed by atoms with Gasteiger partial charge < -0.3 is 15.4 Å². The number of hydrogen-bond donors (Lipinski definition) is 2.